The fourth-order valence-corrected chi connectivity index (χ4v) is 4.96. The Morgan fingerprint density at radius 3 is 2.77 bits per heavy atom. The highest BCUT2D eigenvalue weighted by Gasteiger charge is 2.37. The maximum atomic E-state index is 13.3. The van der Waals surface area contributed by atoms with Crippen LogP contribution in [0.5, 0.6) is 0 Å². The van der Waals surface area contributed by atoms with Crippen molar-refractivity contribution in [2.24, 2.45) is 7.05 Å². The third-order valence-electron chi connectivity index (χ3n) is 5.49. The monoisotopic (exact) mass is 422 g/mol. The number of thiophene rings is 1. The van der Waals surface area contributed by atoms with Gasteiger partial charge < -0.3 is 4.90 Å². The lowest BCUT2D eigenvalue weighted by molar-refractivity contribution is 0.0657. The number of hydrogen-bond donors (Lipinski definition) is 0. The third-order valence-corrected chi connectivity index (χ3v) is 6.59. The minimum atomic E-state index is -0.328. The summed E-state index contributed by atoms with van der Waals surface area (Å²) in [5, 5.41) is 10.7. The molecule has 0 saturated carbocycles. The zero-order valence-corrected chi connectivity index (χ0v) is 17.3. The smallest absolute Gasteiger partial charge is 0.294 e. The molecule has 0 radical (unpaired) electrons. The molecule has 0 aliphatic carbocycles. The van der Waals surface area contributed by atoms with Crippen molar-refractivity contribution in [3.63, 3.8) is 0 Å². The van der Waals surface area contributed by atoms with Gasteiger partial charge in [0.15, 0.2) is 0 Å². The predicted molar refractivity (Wildman–Crippen MR) is 110 cm³/mol. The second kappa shape index (κ2) is 7.17. The number of carbonyl (C=O) groups is 1. The van der Waals surface area contributed by atoms with Crippen molar-refractivity contribution in [1.29, 1.82) is 0 Å². The number of fused-ring (bicyclic) bond motifs is 1. The van der Waals surface area contributed by atoms with Gasteiger partial charge in [0.25, 0.3) is 5.91 Å². The molecule has 30 heavy (non-hydrogen) atoms. The first kappa shape index (κ1) is 18.7. The van der Waals surface area contributed by atoms with Crippen molar-refractivity contribution < 1.29 is 9.18 Å². The van der Waals surface area contributed by atoms with E-state index in [9.17, 15) is 9.18 Å². The number of rotatable bonds is 3. The maximum absolute atomic E-state index is 13.3. The van der Waals surface area contributed by atoms with Crippen LogP contribution in [0, 0.1) is 5.82 Å². The first-order valence-corrected chi connectivity index (χ1v) is 10.4. The van der Waals surface area contributed by atoms with E-state index in [1.54, 1.807) is 28.2 Å². The topological polar surface area (TPSA) is 68.8 Å². The fourth-order valence-electron chi connectivity index (χ4n) is 3.92. The van der Waals surface area contributed by atoms with Gasteiger partial charge >= 0.3 is 0 Å². The summed E-state index contributed by atoms with van der Waals surface area (Å²) in [5.41, 5.74) is 2.96. The number of nitrogens with zero attached hydrogens (tertiary/aromatic N) is 6. The van der Waals surface area contributed by atoms with Crippen LogP contribution in [0.3, 0.4) is 0 Å². The molecule has 0 saturated heterocycles. The number of carbonyl (C=O) groups excluding carboxylic acids is 1. The molecule has 0 N–H and O–H groups in total. The number of halogens is 1. The Morgan fingerprint density at radius 1 is 1.23 bits per heavy atom. The average Bonchev–Trinajstić information content (AvgIpc) is 3.49. The quantitative estimate of drug-likeness (QED) is 0.506. The molecule has 0 spiro atoms. The first-order chi connectivity index (χ1) is 14.5. The largest absolute Gasteiger partial charge is 0.327 e. The summed E-state index contributed by atoms with van der Waals surface area (Å²) in [7, 11) is 1.89. The van der Waals surface area contributed by atoms with Crippen molar-refractivity contribution in [3.05, 3.63) is 82.1 Å². The van der Waals surface area contributed by atoms with Crippen LogP contribution in [-0.2, 0) is 7.05 Å². The molecule has 2 unspecified atom stereocenters. The van der Waals surface area contributed by atoms with E-state index < -0.39 is 0 Å². The predicted octanol–water partition coefficient (Wildman–Crippen LogP) is 3.55. The minimum Gasteiger partial charge on any atom is -0.327 e. The molecule has 1 aliphatic rings. The van der Waals surface area contributed by atoms with E-state index in [1.807, 2.05) is 31.3 Å². The van der Waals surface area contributed by atoms with Crippen molar-refractivity contribution >= 4 is 17.2 Å². The summed E-state index contributed by atoms with van der Waals surface area (Å²) >= 11 is 1.66. The second-order valence-corrected chi connectivity index (χ2v) is 8.31. The van der Waals surface area contributed by atoms with Gasteiger partial charge in [-0.25, -0.2) is 14.1 Å². The lowest BCUT2D eigenvalue weighted by atomic mass is 9.87. The third kappa shape index (κ3) is 3.11. The molecule has 0 fully saturated rings. The van der Waals surface area contributed by atoms with Crippen LogP contribution < -0.4 is 0 Å². The van der Waals surface area contributed by atoms with E-state index in [-0.39, 0.29) is 29.5 Å². The molecule has 3 aromatic heterocycles. The van der Waals surface area contributed by atoms with Crippen molar-refractivity contribution in [1.82, 2.24) is 29.4 Å². The highest BCUT2D eigenvalue weighted by molar-refractivity contribution is 7.10. The Kier molecular flexibility index (Phi) is 4.47. The number of aryl methyl sites for hydroxylation is 1. The molecule has 0 bridgehead atoms. The zero-order valence-electron chi connectivity index (χ0n) is 16.4. The summed E-state index contributed by atoms with van der Waals surface area (Å²) < 4.78 is 16.4. The summed E-state index contributed by atoms with van der Waals surface area (Å²) in [6.45, 7) is 2.56. The van der Waals surface area contributed by atoms with Crippen LogP contribution in [0.4, 0.5) is 4.39 Å². The summed E-state index contributed by atoms with van der Waals surface area (Å²) in [6, 6.07) is 7.95. The van der Waals surface area contributed by atoms with Crippen LogP contribution in [0.25, 0.3) is 5.69 Å². The van der Waals surface area contributed by atoms with E-state index in [4.69, 9.17) is 0 Å². The zero-order chi connectivity index (χ0) is 20.8. The second-order valence-electron chi connectivity index (χ2n) is 7.36. The van der Waals surface area contributed by atoms with Gasteiger partial charge in [0, 0.05) is 30.6 Å². The molecule has 152 valence electrons. The molecule has 1 aromatic carbocycles. The van der Waals surface area contributed by atoms with Gasteiger partial charge in [0.1, 0.15) is 12.1 Å². The van der Waals surface area contributed by atoms with Crippen LogP contribution in [-0.4, -0.2) is 41.9 Å². The first-order valence-electron chi connectivity index (χ1n) is 9.55. The lowest BCUT2D eigenvalue weighted by Crippen LogP contribution is -2.41. The van der Waals surface area contributed by atoms with Crippen LogP contribution in [0.15, 0.2) is 54.4 Å². The van der Waals surface area contributed by atoms with Crippen LogP contribution >= 0.6 is 11.3 Å². The van der Waals surface area contributed by atoms with E-state index in [0.29, 0.717) is 12.2 Å². The highest BCUT2D eigenvalue weighted by Crippen LogP contribution is 2.42. The highest BCUT2D eigenvalue weighted by atomic mass is 32.1. The van der Waals surface area contributed by atoms with Gasteiger partial charge in [-0.1, -0.05) is 0 Å². The van der Waals surface area contributed by atoms with Crippen LogP contribution in [0.2, 0.25) is 0 Å². The normalized spacial score (nSPS) is 18.4. The molecule has 2 atom stereocenters. The Hall–Kier alpha value is -3.33. The van der Waals surface area contributed by atoms with Crippen molar-refractivity contribution in [2.45, 2.75) is 18.9 Å². The number of benzene rings is 1. The van der Waals surface area contributed by atoms with E-state index in [2.05, 4.69) is 26.6 Å². The number of hydrogen-bond acceptors (Lipinski definition) is 5. The molecule has 1 aliphatic heterocycles. The maximum Gasteiger partial charge on any atom is 0.294 e. The number of amides is 1. The van der Waals surface area contributed by atoms with Gasteiger partial charge in [-0.05, 0) is 53.8 Å². The van der Waals surface area contributed by atoms with Gasteiger partial charge in [-0.15, -0.1) is 16.4 Å². The molecule has 9 heteroatoms. The van der Waals surface area contributed by atoms with Gasteiger partial charge in [0.2, 0.25) is 5.82 Å². The molecular formula is C21H19FN6OS. The lowest BCUT2D eigenvalue weighted by Gasteiger charge is -2.37. The molecule has 5 rings (SSSR count). The Morgan fingerprint density at radius 2 is 2.03 bits per heavy atom. The van der Waals surface area contributed by atoms with E-state index in [1.165, 1.54) is 33.6 Å². The van der Waals surface area contributed by atoms with Gasteiger partial charge in [0.05, 0.1) is 17.9 Å². The van der Waals surface area contributed by atoms with E-state index in [0.717, 1.165) is 5.56 Å². The molecule has 4 heterocycles. The van der Waals surface area contributed by atoms with Gasteiger partial charge in [-0.2, -0.15) is 5.10 Å². The van der Waals surface area contributed by atoms with E-state index >= 15 is 0 Å². The van der Waals surface area contributed by atoms with Crippen LogP contribution in [0.1, 0.15) is 45.5 Å². The Bertz CT molecular complexity index is 1210. The minimum absolute atomic E-state index is 0.0549. The number of aromatic nitrogens is 5. The van der Waals surface area contributed by atoms with Crippen molar-refractivity contribution in [2.75, 3.05) is 6.54 Å². The average molecular weight is 422 g/mol. The summed E-state index contributed by atoms with van der Waals surface area (Å²) in [5.74, 6) is -0.378. The Labute approximate surface area is 176 Å². The fraction of sp³-hybridized carbons (Fsp3) is 0.238. The Balaban J connectivity index is 1.46. The standard InChI is InChI=1S/C21H19FN6OS/c1-13-19-17(7-8-30-19)18(14-9-24-26(2)10-14)11-27(13)21(29)20-23-12-28(25-20)16-5-3-15(22)4-6-16/h3-10,12-13,18H,11H2,1-2H3. The van der Waals surface area contributed by atoms with Gasteiger partial charge in [-0.3, -0.25) is 9.48 Å². The molecule has 7 nitrogen and oxygen atoms in total. The summed E-state index contributed by atoms with van der Waals surface area (Å²) in [4.78, 5) is 20.5. The molecule has 1 amide bonds. The molecular weight excluding hydrogens is 403 g/mol. The molecule has 4 aromatic rings. The summed E-state index contributed by atoms with van der Waals surface area (Å²) in [6.07, 6.45) is 5.32. The van der Waals surface area contributed by atoms with Crippen molar-refractivity contribution in [3.8, 4) is 5.69 Å². The SMILES string of the molecule is CC1c2sccc2C(c2cnn(C)c2)CN1C(=O)c1ncn(-c2ccc(F)cc2)n1.